The number of aryl methyl sites for hydroxylation is 1. The van der Waals surface area contributed by atoms with E-state index in [9.17, 15) is 4.79 Å². The van der Waals surface area contributed by atoms with E-state index in [0.29, 0.717) is 5.56 Å². The summed E-state index contributed by atoms with van der Waals surface area (Å²) < 4.78 is 0. The normalized spacial score (nSPS) is 9.41. The molecule has 0 aliphatic rings. The zero-order chi connectivity index (χ0) is 12.8. The molecule has 0 heterocycles. The molecule has 17 heavy (non-hydrogen) atoms. The predicted molar refractivity (Wildman–Crippen MR) is 73.4 cm³/mol. The van der Waals surface area contributed by atoms with E-state index in [1.807, 2.05) is 38.1 Å². The van der Waals surface area contributed by atoms with Crippen molar-refractivity contribution < 1.29 is 4.79 Å². The highest BCUT2D eigenvalue weighted by molar-refractivity contribution is 5.98. The van der Waals surface area contributed by atoms with Gasteiger partial charge >= 0.3 is 0 Å². The van der Waals surface area contributed by atoms with E-state index < -0.39 is 0 Å². The third-order valence-corrected chi connectivity index (χ3v) is 2.48. The molecule has 0 aliphatic heterocycles. The SMILES string of the molecule is CC.CNC(=O)c1ccc2cc(C)ccc2c1. The number of amides is 1. The fourth-order valence-corrected chi connectivity index (χ4v) is 1.65. The summed E-state index contributed by atoms with van der Waals surface area (Å²) in [6, 6.07) is 11.9. The van der Waals surface area contributed by atoms with Crippen LogP contribution in [0, 0.1) is 6.92 Å². The van der Waals surface area contributed by atoms with E-state index in [0.717, 1.165) is 5.39 Å². The molecule has 0 radical (unpaired) electrons. The van der Waals surface area contributed by atoms with Gasteiger partial charge in [0.1, 0.15) is 0 Å². The van der Waals surface area contributed by atoms with E-state index in [1.165, 1.54) is 10.9 Å². The second-order valence-corrected chi connectivity index (χ2v) is 3.64. The lowest BCUT2D eigenvalue weighted by Gasteiger charge is -2.03. The van der Waals surface area contributed by atoms with Gasteiger partial charge in [0, 0.05) is 12.6 Å². The molecule has 0 saturated carbocycles. The molecule has 0 fully saturated rings. The van der Waals surface area contributed by atoms with Gasteiger partial charge in [0.25, 0.3) is 5.91 Å². The molecular weight excluding hydrogens is 210 g/mol. The molecular formula is C15H19NO. The largest absolute Gasteiger partial charge is 0.355 e. The van der Waals surface area contributed by atoms with Gasteiger partial charge in [0.15, 0.2) is 0 Å². The lowest BCUT2D eigenvalue weighted by molar-refractivity contribution is 0.0963. The van der Waals surface area contributed by atoms with Crippen LogP contribution in [-0.4, -0.2) is 13.0 Å². The van der Waals surface area contributed by atoms with Gasteiger partial charge in [0.2, 0.25) is 0 Å². The first kappa shape index (κ1) is 13.2. The first-order chi connectivity index (χ1) is 8.20. The maximum absolute atomic E-state index is 11.4. The van der Waals surface area contributed by atoms with Crippen LogP contribution in [0.2, 0.25) is 0 Å². The van der Waals surface area contributed by atoms with Crippen LogP contribution in [-0.2, 0) is 0 Å². The van der Waals surface area contributed by atoms with Gasteiger partial charge in [0.05, 0.1) is 0 Å². The molecule has 1 amide bonds. The summed E-state index contributed by atoms with van der Waals surface area (Å²) in [4.78, 5) is 11.4. The standard InChI is InChI=1S/C13H13NO.C2H6/c1-9-3-4-11-8-12(13(15)14-2)6-5-10(11)7-9;1-2/h3-8H,1-2H3,(H,14,15);1-2H3. The zero-order valence-electron chi connectivity index (χ0n) is 10.9. The van der Waals surface area contributed by atoms with E-state index in [2.05, 4.69) is 24.4 Å². The number of fused-ring (bicyclic) bond motifs is 1. The highest BCUT2D eigenvalue weighted by atomic mass is 16.1. The van der Waals surface area contributed by atoms with E-state index in [-0.39, 0.29) is 5.91 Å². The topological polar surface area (TPSA) is 29.1 Å². The summed E-state index contributed by atoms with van der Waals surface area (Å²) in [6.07, 6.45) is 0. The zero-order valence-corrected chi connectivity index (χ0v) is 10.9. The average Bonchev–Trinajstić information content (AvgIpc) is 2.39. The summed E-state index contributed by atoms with van der Waals surface area (Å²) in [5.41, 5.74) is 1.93. The number of carbonyl (C=O) groups is 1. The van der Waals surface area contributed by atoms with Gasteiger partial charge in [-0.05, 0) is 29.8 Å². The number of nitrogens with one attached hydrogen (secondary N) is 1. The first-order valence-corrected chi connectivity index (χ1v) is 5.93. The summed E-state index contributed by atoms with van der Waals surface area (Å²) in [7, 11) is 1.64. The van der Waals surface area contributed by atoms with Crippen LogP contribution >= 0.6 is 0 Å². The Hall–Kier alpha value is -1.83. The lowest BCUT2D eigenvalue weighted by Crippen LogP contribution is -2.17. The Labute approximate surface area is 103 Å². The minimum Gasteiger partial charge on any atom is -0.355 e. The van der Waals surface area contributed by atoms with Gasteiger partial charge < -0.3 is 5.32 Å². The predicted octanol–water partition coefficient (Wildman–Crippen LogP) is 3.53. The molecule has 0 aromatic heterocycles. The molecule has 0 saturated heterocycles. The third kappa shape index (κ3) is 3.06. The Morgan fingerprint density at radius 3 is 2.24 bits per heavy atom. The minimum absolute atomic E-state index is 0.0440. The van der Waals surface area contributed by atoms with Gasteiger partial charge in [-0.2, -0.15) is 0 Å². The number of hydrogen-bond acceptors (Lipinski definition) is 1. The van der Waals surface area contributed by atoms with Crippen LogP contribution in [0.15, 0.2) is 36.4 Å². The van der Waals surface area contributed by atoms with Gasteiger partial charge in [-0.1, -0.05) is 43.7 Å². The van der Waals surface area contributed by atoms with Crippen molar-refractivity contribution in [2.24, 2.45) is 0 Å². The maximum atomic E-state index is 11.4. The van der Waals surface area contributed by atoms with Crippen molar-refractivity contribution in [3.05, 3.63) is 47.5 Å². The van der Waals surface area contributed by atoms with Crippen LogP contribution in [0.5, 0.6) is 0 Å². The van der Waals surface area contributed by atoms with Crippen LogP contribution in [0.1, 0.15) is 29.8 Å². The van der Waals surface area contributed by atoms with Crippen LogP contribution in [0.3, 0.4) is 0 Å². The number of carbonyl (C=O) groups excluding carboxylic acids is 1. The van der Waals surface area contributed by atoms with Crippen molar-refractivity contribution in [3.63, 3.8) is 0 Å². The van der Waals surface area contributed by atoms with Crippen molar-refractivity contribution in [2.75, 3.05) is 7.05 Å². The van der Waals surface area contributed by atoms with Crippen molar-refractivity contribution in [3.8, 4) is 0 Å². The summed E-state index contributed by atoms with van der Waals surface area (Å²) in [5, 5.41) is 4.89. The van der Waals surface area contributed by atoms with E-state index in [4.69, 9.17) is 0 Å². The molecule has 2 nitrogen and oxygen atoms in total. The van der Waals surface area contributed by atoms with Crippen molar-refractivity contribution in [1.82, 2.24) is 5.32 Å². The molecule has 0 bridgehead atoms. The third-order valence-electron chi connectivity index (χ3n) is 2.48. The molecule has 90 valence electrons. The highest BCUT2D eigenvalue weighted by Crippen LogP contribution is 2.17. The number of hydrogen-bond donors (Lipinski definition) is 1. The molecule has 0 unspecified atom stereocenters. The number of rotatable bonds is 1. The fraction of sp³-hybridized carbons (Fsp3) is 0.267. The average molecular weight is 229 g/mol. The molecule has 0 aliphatic carbocycles. The summed E-state index contributed by atoms with van der Waals surface area (Å²) >= 11 is 0. The molecule has 1 N–H and O–H groups in total. The Morgan fingerprint density at radius 1 is 1.00 bits per heavy atom. The highest BCUT2D eigenvalue weighted by Gasteiger charge is 2.03. The second kappa shape index (κ2) is 6.04. The maximum Gasteiger partial charge on any atom is 0.251 e. The summed E-state index contributed by atoms with van der Waals surface area (Å²) in [6.45, 7) is 6.06. The molecule has 0 spiro atoms. The second-order valence-electron chi connectivity index (χ2n) is 3.64. The van der Waals surface area contributed by atoms with Gasteiger partial charge in [-0.25, -0.2) is 0 Å². The Bertz CT molecular complexity index is 517. The monoisotopic (exact) mass is 229 g/mol. The quantitative estimate of drug-likeness (QED) is 0.796. The smallest absolute Gasteiger partial charge is 0.251 e. The lowest BCUT2D eigenvalue weighted by atomic mass is 10.0. The van der Waals surface area contributed by atoms with E-state index >= 15 is 0 Å². The Morgan fingerprint density at radius 2 is 1.59 bits per heavy atom. The fourth-order valence-electron chi connectivity index (χ4n) is 1.65. The molecule has 2 heteroatoms. The van der Waals surface area contributed by atoms with Crippen LogP contribution in [0.4, 0.5) is 0 Å². The van der Waals surface area contributed by atoms with Crippen molar-refractivity contribution in [2.45, 2.75) is 20.8 Å². The Kier molecular flexibility index (Phi) is 4.70. The van der Waals surface area contributed by atoms with Crippen LogP contribution < -0.4 is 5.32 Å². The minimum atomic E-state index is -0.0440. The van der Waals surface area contributed by atoms with Gasteiger partial charge in [-0.15, -0.1) is 0 Å². The first-order valence-electron chi connectivity index (χ1n) is 5.93. The van der Waals surface area contributed by atoms with E-state index in [1.54, 1.807) is 7.05 Å². The van der Waals surface area contributed by atoms with Crippen molar-refractivity contribution in [1.29, 1.82) is 0 Å². The van der Waals surface area contributed by atoms with Crippen molar-refractivity contribution >= 4 is 16.7 Å². The van der Waals surface area contributed by atoms with Gasteiger partial charge in [-0.3, -0.25) is 4.79 Å². The number of benzene rings is 2. The van der Waals surface area contributed by atoms with Crippen LogP contribution in [0.25, 0.3) is 10.8 Å². The molecule has 2 rings (SSSR count). The molecule has 0 atom stereocenters. The summed E-state index contributed by atoms with van der Waals surface area (Å²) in [5.74, 6) is -0.0440. The molecule has 2 aromatic carbocycles. The Balaban J connectivity index is 0.000000686. The molecule has 2 aromatic rings.